The van der Waals surface area contributed by atoms with Crippen LogP contribution >= 0.6 is 0 Å². The van der Waals surface area contributed by atoms with E-state index in [-0.39, 0.29) is 11.8 Å². The van der Waals surface area contributed by atoms with E-state index >= 15 is 0 Å². The standard InChI is InChI=1S/C10H18N2O2/c1-7(13)12-9(10(11)14)8-5-3-2-4-6-8/h8-9H,2-6H2,1H3,(H2,11,14)(H,12,13). The molecule has 0 bridgehead atoms. The van der Waals surface area contributed by atoms with Crippen LogP contribution in [-0.2, 0) is 9.59 Å². The molecule has 0 radical (unpaired) electrons. The summed E-state index contributed by atoms with van der Waals surface area (Å²) < 4.78 is 0. The number of carbonyl (C=O) groups is 2. The maximum atomic E-state index is 11.1. The van der Waals surface area contributed by atoms with Crippen LogP contribution in [0.3, 0.4) is 0 Å². The molecule has 14 heavy (non-hydrogen) atoms. The molecule has 4 nitrogen and oxygen atoms in total. The van der Waals surface area contributed by atoms with Gasteiger partial charge in [-0.25, -0.2) is 0 Å². The maximum Gasteiger partial charge on any atom is 0.240 e. The molecule has 0 aromatic carbocycles. The minimum atomic E-state index is -0.465. The Bertz CT molecular complexity index is 222. The van der Waals surface area contributed by atoms with Crippen LogP contribution in [0.5, 0.6) is 0 Å². The van der Waals surface area contributed by atoms with Crippen molar-refractivity contribution in [1.82, 2.24) is 5.32 Å². The Hall–Kier alpha value is -1.06. The van der Waals surface area contributed by atoms with Gasteiger partial charge in [0, 0.05) is 6.92 Å². The lowest BCUT2D eigenvalue weighted by molar-refractivity contribution is -0.127. The van der Waals surface area contributed by atoms with Crippen LogP contribution in [-0.4, -0.2) is 17.9 Å². The molecule has 1 unspecified atom stereocenters. The number of amides is 2. The van der Waals surface area contributed by atoms with E-state index in [1.807, 2.05) is 0 Å². The van der Waals surface area contributed by atoms with E-state index in [4.69, 9.17) is 5.73 Å². The molecule has 0 aromatic rings. The summed E-state index contributed by atoms with van der Waals surface area (Å²) in [5.74, 6) is -0.350. The third kappa shape index (κ3) is 3.01. The summed E-state index contributed by atoms with van der Waals surface area (Å²) in [5.41, 5.74) is 5.26. The van der Waals surface area contributed by atoms with Crippen LogP contribution in [0.1, 0.15) is 39.0 Å². The van der Waals surface area contributed by atoms with Crippen LogP contribution in [0.2, 0.25) is 0 Å². The molecule has 1 aliphatic carbocycles. The summed E-state index contributed by atoms with van der Waals surface area (Å²) in [4.78, 5) is 22.0. The van der Waals surface area contributed by atoms with Crippen molar-refractivity contribution in [3.8, 4) is 0 Å². The van der Waals surface area contributed by atoms with E-state index < -0.39 is 11.9 Å². The molecule has 0 aromatic heterocycles. The lowest BCUT2D eigenvalue weighted by atomic mass is 9.83. The van der Waals surface area contributed by atoms with Crippen molar-refractivity contribution >= 4 is 11.8 Å². The first-order valence-corrected chi connectivity index (χ1v) is 5.17. The average molecular weight is 198 g/mol. The Balaban J connectivity index is 2.56. The molecule has 0 heterocycles. The molecule has 3 N–H and O–H groups in total. The van der Waals surface area contributed by atoms with E-state index in [1.165, 1.54) is 13.3 Å². The van der Waals surface area contributed by atoms with Gasteiger partial charge in [-0.1, -0.05) is 19.3 Å². The van der Waals surface area contributed by atoms with Gasteiger partial charge in [0.15, 0.2) is 0 Å². The highest BCUT2D eigenvalue weighted by Crippen LogP contribution is 2.26. The fourth-order valence-corrected chi connectivity index (χ4v) is 2.11. The topological polar surface area (TPSA) is 72.2 Å². The summed E-state index contributed by atoms with van der Waals surface area (Å²) in [6, 6.07) is -0.465. The Morgan fingerprint density at radius 3 is 2.29 bits per heavy atom. The molecule has 1 aliphatic rings. The van der Waals surface area contributed by atoms with Gasteiger partial charge in [-0.05, 0) is 18.8 Å². The molecule has 4 heteroatoms. The average Bonchev–Trinajstić information content (AvgIpc) is 2.15. The monoisotopic (exact) mass is 198 g/mol. The van der Waals surface area contributed by atoms with Crippen molar-refractivity contribution in [2.45, 2.75) is 45.1 Å². The molecule has 1 rings (SSSR count). The molecule has 0 aliphatic heterocycles. The predicted molar refractivity (Wildman–Crippen MR) is 53.4 cm³/mol. The first kappa shape index (κ1) is 11.0. The van der Waals surface area contributed by atoms with Gasteiger partial charge < -0.3 is 11.1 Å². The zero-order valence-corrected chi connectivity index (χ0v) is 8.58. The third-order valence-corrected chi connectivity index (χ3v) is 2.79. The number of hydrogen-bond donors (Lipinski definition) is 2. The van der Waals surface area contributed by atoms with Gasteiger partial charge in [0.2, 0.25) is 11.8 Å². The lowest BCUT2D eigenvalue weighted by Gasteiger charge is -2.28. The number of nitrogens with two attached hydrogens (primary N) is 1. The number of primary amides is 1. The van der Waals surface area contributed by atoms with Crippen molar-refractivity contribution in [2.24, 2.45) is 11.7 Å². The summed E-state index contributed by atoms with van der Waals surface area (Å²) in [6.45, 7) is 1.42. The molecule has 0 spiro atoms. The van der Waals surface area contributed by atoms with E-state index in [0.717, 1.165) is 25.7 Å². The van der Waals surface area contributed by atoms with Crippen molar-refractivity contribution in [2.75, 3.05) is 0 Å². The Kier molecular flexibility index (Phi) is 3.92. The Morgan fingerprint density at radius 1 is 1.29 bits per heavy atom. The Labute approximate surface area is 84.2 Å². The van der Waals surface area contributed by atoms with Crippen LogP contribution in [0.15, 0.2) is 0 Å². The minimum Gasteiger partial charge on any atom is -0.368 e. The fourth-order valence-electron chi connectivity index (χ4n) is 2.11. The number of hydrogen-bond acceptors (Lipinski definition) is 2. The van der Waals surface area contributed by atoms with Crippen molar-refractivity contribution < 1.29 is 9.59 Å². The zero-order chi connectivity index (χ0) is 10.6. The van der Waals surface area contributed by atoms with Crippen LogP contribution in [0.4, 0.5) is 0 Å². The van der Waals surface area contributed by atoms with E-state index in [9.17, 15) is 9.59 Å². The van der Waals surface area contributed by atoms with Gasteiger partial charge >= 0.3 is 0 Å². The first-order valence-electron chi connectivity index (χ1n) is 5.17. The normalized spacial score (nSPS) is 20.1. The second-order valence-corrected chi connectivity index (χ2v) is 3.98. The highest BCUT2D eigenvalue weighted by molar-refractivity contribution is 5.85. The fraction of sp³-hybridized carbons (Fsp3) is 0.800. The predicted octanol–water partition coefficient (Wildman–Crippen LogP) is 0.557. The molecule has 2 amide bonds. The zero-order valence-electron chi connectivity index (χ0n) is 8.58. The number of rotatable bonds is 3. The van der Waals surface area contributed by atoms with E-state index in [0.29, 0.717) is 0 Å². The van der Waals surface area contributed by atoms with Gasteiger partial charge in [-0.3, -0.25) is 9.59 Å². The maximum absolute atomic E-state index is 11.1. The Morgan fingerprint density at radius 2 is 1.86 bits per heavy atom. The largest absolute Gasteiger partial charge is 0.368 e. The molecule has 80 valence electrons. The minimum absolute atomic E-state index is 0.181. The van der Waals surface area contributed by atoms with Crippen molar-refractivity contribution in [1.29, 1.82) is 0 Å². The van der Waals surface area contributed by atoms with Gasteiger partial charge in [0.25, 0.3) is 0 Å². The highest BCUT2D eigenvalue weighted by atomic mass is 16.2. The second kappa shape index (κ2) is 4.98. The number of carbonyl (C=O) groups excluding carboxylic acids is 2. The van der Waals surface area contributed by atoms with Gasteiger partial charge in [-0.2, -0.15) is 0 Å². The molecule has 0 saturated heterocycles. The van der Waals surface area contributed by atoms with Crippen LogP contribution in [0, 0.1) is 5.92 Å². The molecular formula is C10H18N2O2. The quantitative estimate of drug-likeness (QED) is 0.695. The molecule has 1 saturated carbocycles. The highest BCUT2D eigenvalue weighted by Gasteiger charge is 2.28. The third-order valence-electron chi connectivity index (χ3n) is 2.79. The summed E-state index contributed by atoms with van der Waals surface area (Å²) >= 11 is 0. The van der Waals surface area contributed by atoms with E-state index in [2.05, 4.69) is 5.32 Å². The van der Waals surface area contributed by atoms with Crippen molar-refractivity contribution in [3.63, 3.8) is 0 Å². The lowest BCUT2D eigenvalue weighted by Crippen LogP contribution is -2.48. The van der Waals surface area contributed by atoms with Gasteiger partial charge in [0.05, 0.1) is 0 Å². The van der Waals surface area contributed by atoms with E-state index in [1.54, 1.807) is 0 Å². The van der Waals surface area contributed by atoms with Crippen LogP contribution < -0.4 is 11.1 Å². The van der Waals surface area contributed by atoms with Crippen LogP contribution in [0.25, 0.3) is 0 Å². The SMILES string of the molecule is CC(=O)NC(C(N)=O)C1CCCCC1. The molecule has 1 fully saturated rings. The molecule has 1 atom stereocenters. The smallest absolute Gasteiger partial charge is 0.240 e. The summed E-state index contributed by atoms with van der Waals surface area (Å²) in [6.07, 6.45) is 5.48. The number of nitrogens with one attached hydrogen (secondary N) is 1. The van der Waals surface area contributed by atoms with Crippen molar-refractivity contribution in [3.05, 3.63) is 0 Å². The first-order chi connectivity index (χ1) is 6.61. The molecular weight excluding hydrogens is 180 g/mol. The summed E-state index contributed by atoms with van der Waals surface area (Å²) in [5, 5.41) is 2.64. The second-order valence-electron chi connectivity index (χ2n) is 3.98. The summed E-state index contributed by atoms with van der Waals surface area (Å²) in [7, 11) is 0. The van der Waals surface area contributed by atoms with Gasteiger partial charge in [-0.15, -0.1) is 0 Å². The van der Waals surface area contributed by atoms with Gasteiger partial charge in [0.1, 0.15) is 6.04 Å².